The Bertz CT molecular complexity index is 391. The van der Waals surface area contributed by atoms with Crippen LogP contribution in [0.25, 0.3) is 0 Å². The first-order valence-corrected chi connectivity index (χ1v) is 6.68. The third-order valence-corrected chi connectivity index (χ3v) is 4.11. The monoisotopic (exact) mass is 231 g/mol. The summed E-state index contributed by atoms with van der Waals surface area (Å²) >= 11 is 0. The van der Waals surface area contributed by atoms with Crippen LogP contribution in [0.3, 0.4) is 0 Å². The largest absolute Gasteiger partial charge is 0.397 e. The Morgan fingerprint density at radius 1 is 1.06 bits per heavy atom. The Morgan fingerprint density at radius 2 is 1.94 bits per heavy atom. The minimum atomic E-state index is 0.747. The Labute approximate surface area is 103 Å². The van der Waals surface area contributed by atoms with Crippen molar-refractivity contribution in [3.05, 3.63) is 24.3 Å². The molecule has 2 aliphatic heterocycles. The summed E-state index contributed by atoms with van der Waals surface area (Å²) in [6.45, 7) is 4.75. The molecule has 1 aromatic rings. The fourth-order valence-electron chi connectivity index (χ4n) is 3.15. The number of hydrogen-bond donors (Lipinski definition) is 1. The predicted molar refractivity (Wildman–Crippen MR) is 72.3 cm³/mol. The summed E-state index contributed by atoms with van der Waals surface area (Å²) in [6, 6.07) is 8.99. The molecule has 2 fully saturated rings. The van der Waals surface area contributed by atoms with Crippen LogP contribution in [0.5, 0.6) is 0 Å². The van der Waals surface area contributed by atoms with Gasteiger partial charge in [0.15, 0.2) is 0 Å². The van der Waals surface area contributed by atoms with Crippen LogP contribution >= 0.6 is 0 Å². The van der Waals surface area contributed by atoms with Gasteiger partial charge >= 0.3 is 0 Å². The van der Waals surface area contributed by atoms with Crippen molar-refractivity contribution in [3.8, 4) is 0 Å². The first kappa shape index (κ1) is 10.9. The number of piperidine rings is 1. The van der Waals surface area contributed by atoms with Gasteiger partial charge in [0.05, 0.1) is 11.4 Å². The summed E-state index contributed by atoms with van der Waals surface area (Å²) in [5.41, 5.74) is 8.20. The van der Waals surface area contributed by atoms with Gasteiger partial charge in [0, 0.05) is 25.7 Å². The van der Waals surface area contributed by atoms with Crippen LogP contribution in [0.1, 0.15) is 19.3 Å². The van der Waals surface area contributed by atoms with Gasteiger partial charge in [-0.1, -0.05) is 18.6 Å². The molecule has 0 bridgehead atoms. The van der Waals surface area contributed by atoms with Crippen LogP contribution in [0.2, 0.25) is 0 Å². The quantitative estimate of drug-likeness (QED) is 0.750. The minimum Gasteiger partial charge on any atom is -0.397 e. The third kappa shape index (κ3) is 2.12. The van der Waals surface area contributed by atoms with Crippen molar-refractivity contribution in [2.75, 3.05) is 36.8 Å². The lowest BCUT2D eigenvalue weighted by Crippen LogP contribution is -2.55. The van der Waals surface area contributed by atoms with Gasteiger partial charge in [-0.2, -0.15) is 0 Å². The summed E-state index contributed by atoms with van der Waals surface area (Å²) in [5.74, 6) is 0. The smallest absolute Gasteiger partial charge is 0.0600 e. The van der Waals surface area contributed by atoms with Crippen molar-refractivity contribution in [3.63, 3.8) is 0 Å². The molecule has 3 nitrogen and oxygen atoms in total. The fourth-order valence-corrected chi connectivity index (χ4v) is 3.15. The van der Waals surface area contributed by atoms with Crippen LogP contribution < -0.4 is 10.6 Å². The average Bonchev–Trinajstić information content (AvgIpc) is 2.39. The molecule has 1 unspecified atom stereocenters. The molecule has 1 atom stereocenters. The molecule has 3 heteroatoms. The van der Waals surface area contributed by atoms with Crippen LogP contribution in [0.4, 0.5) is 11.4 Å². The van der Waals surface area contributed by atoms with Gasteiger partial charge in [-0.05, 0) is 31.5 Å². The zero-order valence-corrected chi connectivity index (χ0v) is 10.3. The maximum absolute atomic E-state index is 6.06. The highest BCUT2D eigenvalue weighted by Gasteiger charge is 2.29. The summed E-state index contributed by atoms with van der Waals surface area (Å²) in [6.07, 6.45) is 4.12. The van der Waals surface area contributed by atoms with E-state index in [4.69, 9.17) is 5.73 Å². The number of nitrogens with zero attached hydrogens (tertiary/aromatic N) is 2. The molecule has 2 saturated heterocycles. The number of hydrogen-bond acceptors (Lipinski definition) is 3. The van der Waals surface area contributed by atoms with Crippen LogP contribution in [0.15, 0.2) is 24.3 Å². The standard InChI is InChI=1S/C14H21N3/c15-13-6-1-2-7-14(13)17-10-9-16-8-4-3-5-12(16)11-17/h1-2,6-7,12H,3-5,8-11,15H2. The van der Waals surface area contributed by atoms with E-state index in [0.29, 0.717) is 0 Å². The molecule has 2 heterocycles. The zero-order valence-electron chi connectivity index (χ0n) is 10.3. The predicted octanol–water partition coefficient (Wildman–Crippen LogP) is 1.94. The highest BCUT2D eigenvalue weighted by Crippen LogP contribution is 2.28. The van der Waals surface area contributed by atoms with Crippen LogP contribution in [0, 0.1) is 0 Å². The van der Waals surface area contributed by atoms with Gasteiger partial charge in [0.2, 0.25) is 0 Å². The molecule has 0 aromatic heterocycles. The number of rotatable bonds is 1. The van der Waals surface area contributed by atoms with Crippen molar-refractivity contribution in [2.24, 2.45) is 0 Å². The van der Waals surface area contributed by atoms with Crippen molar-refractivity contribution in [1.82, 2.24) is 4.90 Å². The zero-order chi connectivity index (χ0) is 11.7. The van der Waals surface area contributed by atoms with Gasteiger partial charge in [0.25, 0.3) is 0 Å². The molecule has 2 N–H and O–H groups in total. The molecule has 0 saturated carbocycles. The highest BCUT2D eigenvalue weighted by molar-refractivity contribution is 5.67. The van der Waals surface area contributed by atoms with E-state index in [1.54, 1.807) is 0 Å². The molecular weight excluding hydrogens is 210 g/mol. The molecule has 17 heavy (non-hydrogen) atoms. The Hall–Kier alpha value is -1.22. The van der Waals surface area contributed by atoms with Gasteiger partial charge in [-0.25, -0.2) is 0 Å². The average molecular weight is 231 g/mol. The number of para-hydroxylation sites is 2. The van der Waals surface area contributed by atoms with E-state index in [1.165, 1.54) is 38.0 Å². The molecule has 1 aromatic carbocycles. The lowest BCUT2D eigenvalue weighted by atomic mass is 9.99. The summed E-state index contributed by atoms with van der Waals surface area (Å²) < 4.78 is 0. The van der Waals surface area contributed by atoms with E-state index in [9.17, 15) is 0 Å². The fraction of sp³-hybridized carbons (Fsp3) is 0.571. The van der Waals surface area contributed by atoms with Gasteiger partial charge in [-0.3, -0.25) is 4.90 Å². The second-order valence-electron chi connectivity index (χ2n) is 5.19. The first-order chi connectivity index (χ1) is 8.34. The van der Waals surface area contributed by atoms with Crippen molar-refractivity contribution in [1.29, 1.82) is 0 Å². The van der Waals surface area contributed by atoms with E-state index >= 15 is 0 Å². The lowest BCUT2D eigenvalue weighted by Gasteiger charge is -2.45. The number of benzene rings is 1. The summed E-state index contributed by atoms with van der Waals surface area (Å²) in [4.78, 5) is 5.11. The SMILES string of the molecule is Nc1ccccc1N1CCN2CCCCC2C1. The molecular formula is C14H21N3. The maximum Gasteiger partial charge on any atom is 0.0600 e. The number of nitrogen functional groups attached to an aromatic ring is 1. The third-order valence-electron chi connectivity index (χ3n) is 4.11. The second kappa shape index (κ2) is 4.57. The lowest BCUT2D eigenvalue weighted by molar-refractivity contribution is 0.133. The van der Waals surface area contributed by atoms with E-state index in [-0.39, 0.29) is 0 Å². The Morgan fingerprint density at radius 3 is 2.82 bits per heavy atom. The Balaban J connectivity index is 1.76. The Kier molecular flexibility index (Phi) is 2.93. The first-order valence-electron chi connectivity index (χ1n) is 6.68. The van der Waals surface area contributed by atoms with E-state index < -0.39 is 0 Å². The number of piperazine rings is 1. The molecule has 0 aliphatic carbocycles. The molecule has 2 aliphatic rings. The van der Waals surface area contributed by atoms with E-state index in [0.717, 1.165) is 24.8 Å². The van der Waals surface area contributed by atoms with Gasteiger partial charge < -0.3 is 10.6 Å². The van der Waals surface area contributed by atoms with Crippen LogP contribution in [-0.4, -0.2) is 37.1 Å². The number of fused-ring (bicyclic) bond motifs is 1. The number of anilines is 2. The summed E-state index contributed by atoms with van der Waals surface area (Å²) in [7, 11) is 0. The molecule has 3 rings (SSSR count). The van der Waals surface area contributed by atoms with Crippen molar-refractivity contribution >= 4 is 11.4 Å². The topological polar surface area (TPSA) is 32.5 Å². The normalized spacial score (nSPS) is 25.6. The van der Waals surface area contributed by atoms with Crippen molar-refractivity contribution < 1.29 is 0 Å². The van der Waals surface area contributed by atoms with E-state index in [2.05, 4.69) is 21.9 Å². The van der Waals surface area contributed by atoms with Crippen LogP contribution in [-0.2, 0) is 0 Å². The molecule has 92 valence electrons. The van der Waals surface area contributed by atoms with Crippen molar-refractivity contribution in [2.45, 2.75) is 25.3 Å². The highest BCUT2D eigenvalue weighted by atomic mass is 15.3. The molecule has 0 amide bonds. The van der Waals surface area contributed by atoms with E-state index in [1.807, 2.05) is 12.1 Å². The number of nitrogens with two attached hydrogens (primary N) is 1. The summed E-state index contributed by atoms with van der Waals surface area (Å²) in [5, 5.41) is 0. The maximum atomic E-state index is 6.06. The molecule has 0 radical (unpaired) electrons. The van der Waals surface area contributed by atoms with Gasteiger partial charge in [0.1, 0.15) is 0 Å². The molecule has 0 spiro atoms. The second-order valence-corrected chi connectivity index (χ2v) is 5.19. The minimum absolute atomic E-state index is 0.747. The van der Waals surface area contributed by atoms with Gasteiger partial charge in [-0.15, -0.1) is 0 Å².